The molecule has 48 heavy (non-hydrogen) atoms. The number of benzene rings is 2. The van der Waals surface area contributed by atoms with Crippen LogP contribution in [0.2, 0.25) is 0 Å². The quantitative estimate of drug-likeness (QED) is 0.326. The van der Waals surface area contributed by atoms with Gasteiger partial charge in [0.05, 0.1) is 12.8 Å². The molecule has 1 spiro atoms. The third kappa shape index (κ3) is 6.36. The van der Waals surface area contributed by atoms with Gasteiger partial charge in [-0.1, -0.05) is 30.3 Å². The van der Waals surface area contributed by atoms with Gasteiger partial charge in [0, 0.05) is 44.5 Å². The van der Waals surface area contributed by atoms with E-state index in [2.05, 4.69) is 15.2 Å². The van der Waals surface area contributed by atoms with Gasteiger partial charge in [0.2, 0.25) is 5.91 Å². The van der Waals surface area contributed by atoms with Crippen molar-refractivity contribution in [2.45, 2.75) is 50.7 Å². The van der Waals surface area contributed by atoms with Gasteiger partial charge in [-0.25, -0.2) is 18.7 Å². The van der Waals surface area contributed by atoms with Crippen LogP contribution in [0.15, 0.2) is 54.9 Å². The summed E-state index contributed by atoms with van der Waals surface area (Å²) >= 11 is 0. The molecule has 1 aliphatic carbocycles. The van der Waals surface area contributed by atoms with Crippen LogP contribution in [-0.2, 0) is 50.1 Å². The minimum Gasteiger partial charge on any atom is -0.449 e. The molecule has 2 saturated heterocycles. The SMILES string of the molecule is CCOC(=O)NS(=O)(=O)N1CCC(N(Cc2ccc(F)cc2)C(=O)CN2C(=O)NC3(CCc4cc(-c5cnn(C)c5)ccc43)C2=O)CC1. The van der Waals surface area contributed by atoms with Crippen molar-refractivity contribution in [3.63, 3.8) is 0 Å². The molecule has 6 rings (SSSR count). The largest absolute Gasteiger partial charge is 0.449 e. The fourth-order valence-electron chi connectivity index (χ4n) is 6.70. The number of carbonyl (C=O) groups excluding carboxylic acids is 4. The van der Waals surface area contributed by atoms with Crippen molar-refractivity contribution in [3.05, 3.63) is 77.4 Å². The molecule has 2 aliphatic heterocycles. The lowest BCUT2D eigenvalue weighted by molar-refractivity contribution is -0.141. The van der Waals surface area contributed by atoms with Gasteiger partial charge in [-0.3, -0.25) is 19.2 Å². The Balaban J connectivity index is 1.19. The number of nitrogens with one attached hydrogen (secondary N) is 2. The Morgan fingerprint density at radius 2 is 1.85 bits per heavy atom. The summed E-state index contributed by atoms with van der Waals surface area (Å²) in [5, 5.41) is 7.09. The maximum Gasteiger partial charge on any atom is 0.421 e. The lowest BCUT2D eigenvalue weighted by atomic mass is 9.90. The molecular formula is C32H36FN7O7S. The van der Waals surface area contributed by atoms with E-state index in [4.69, 9.17) is 0 Å². The summed E-state index contributed by atoms with van der Waals surface area (Å²) in [5.41, 5.74) is 2.82. The predicted molar refractivity (Wildman–Crippen MR) is 170 cm³/mol. The third-order valence-corrected chi connectivity index (χ3v) is 10.6. The Morgan fingerprint density at radius 3 is 2.52 bits per heavy atom. The number of piperidine rings is 1. The molecule has 2 fully saturated rings. The fraction of sp³-hybridized carbons (Fsp3) is 0.406. The highest BCUT2D eigenvalue weighted by molar-refractivity contribution is 7.87. The summed E-state index contributed by atoms with van der Waals surface area (Å²) in [6, 6.07) is 10.2. The number of aryl methyl sites for hydroxylation is 2. The van der Waals surface area contributed by atoms with E-state index in [0.717, 1.165) is 25.9 Å². The number of hydrogen-bond donors (Lipinski definition) is 2. The molecule has 254 valence electrons. The lowest BCUT2D eigenvalue weighted by Crippen LogP contribution is -2.53. The standard InChI is InChI=1S/C32H36FN7O7S/c1-3-47-31(44)36-48(45,46)38-14-11-26(12-15-38)39(18-21-4-7-25(33)8-5-21)28(41)20-40-29(42)32(35-30(40)43)13-10-23-16-22(6-9-27(23)32)24-17-34-37(2)19-24/h4-9,16-17,19,26H,3,10-15,18,20H2,1-2H3,(H,35,43)(H,36,44). The van der Waals surface area contributed by atoms with Gasteiger partial charge < -0.3 is 15.0 Å². The first kappa shape index (κ1) is 33.1. The Morgan fingerprint density at radius 1 is 1.12 bits per heavy atom. The van der Waals surface area contributed by atoms with Crippen molar-refractivity contribution in [2.24, 2.45) is 7.05 Å². The number of fused-ring (bicyclic) bond motifs is 2. The molecule has 0 saturated carbocycles. The first-order valence-corrected chi connectivity index (χ1v) is 17.1. The van der Waals surface area contributed by atoms with Gasteiger partial charge in [-0.2, -0.15) is 17.8 Å². The molecule has 3 heterocycles. The highest BCUT2D eigenvalue weighted by atomic mass is 32.2. The maximum absolute atomic E-state index is 14.0. The van der Waals surface area contributed by atoms with Crippen molar-refractivity contribution in [1.29, 1.82) is 0 Å². The van der Waals surface area contributed by atoms with Crippen LogP contribution < -0.4 is 10.0 Å². The molecule has 5 amide bonds. The number of halogens is 1. The van der Waals surface area contributed by atoms with E-state index < -0.39 is 58.1 Å². The Labute approximate surface area is 277 Å². The Bertz CT molecular complexity index is 1860. The number of hydrogen-bond acceptors (Lipinski definition) is 8. The van der Waals surface area contributed by atoms with E-state index in [9.17, 15) is 32.0 Å². The number of rotatable bonds is 9. The van der Waals surface area contributed by atoms with Crippen molar-refractivity contribution in [1.82, 2.24) is 33.9 Å². The molecule has 2 N–H and O–H groups in total. The van der Waals surface area contributed by atoms with E-state index in [-0.39, 0.29) is 39.1 Å². The van der Waals surface area contributed by atoms with Gasteiger partial charge in [-0.05, 0) is 67.0 Å². The van der Waals surface area contributed by atoms with Crippen molar-refractivity contribution >= 4 is 34.1 Å². The van der Waals surface area contributed by atoms with E-state index in [0.29, 0.717) is 24.0 Å². The highest BCUT2D eigenvalue weighted by Crippen LogP contribution is 2.42. The monoisotopic (exact) mass is 681 g/mol. The second-order valence-electron chi connectivity index (χ2n) is 12.1. The molecule has 2 aromatic carbocycles. The predicted octanol–water partition coefficient (Wildman–Crippen LogP) is 2.40. The van der Waals surface area contributed by atoms with Crippen LogP contribution in [0, 0.1) is 5.82 Å². The van der Waals surface area contributed by atoms with Crippen molar-refractivity contribution in [2.75, 3.05) is 26.2 Å². The average molecular weight is 682 g/mol. The van der Waals surface area contributed by atoms with Crippen LogP contribution in [0.25, 0.3) is 11.1 Å². The molecule has 16 heteroatoms. The number of carbonyl (C=O) groups is 4. The highest BCUT2D eigenvalue weighted by Gasteiger charge is 2.56. The number of nitrogens with zero attached hydrogens (tertiary/aromatic N) is 5. The molecule has 14 nitrogen and oxygen atoms in total. The normalized spacial score (nSPS) is 19.8. The summed E-state index contributed by atoms with van der Waals surface area (Å²) in [6.07, 6.45) is 3.89. The van der Waals surface area contributed by atoms with E-state index in [1.165, 1.54) is 29.2 Å². The summed E-state index contributed by atoms with van der Waals surface area (Å²) in [4.78, 5) is 55.5. The van der Waals surface area contributed by atoms with E-state index in [1.54, 1.807) is 17.8 Å². The molecule has 0 bridgehead atoms. The molecule has 3 aromatic rings. The molecule has 0 radical (unpaired) electrons. The van der Waals surface area contributed by atoms with Gasteiger partial charge in [0.1, 0.15) is 17.9 Å². The van der Waals surface area contributed by atoms with E-state index in [1.807, 2.05) is 36.2 Å². The van der Waals surface area contributed by atoms with Crippen LogP contribution in [-0.4, -0.2) is 88.5 Å². The minimum atomic E-state index is -4.17. The lowest BCUT2D eigenvalue weighted by Gasteiger charge is -2.38. The van der Waals surface area contributed by atoms with Crippen molar-refractivity contribution < 1.29 is 36.7 Å². The summed E-state index contributed by atoms with van der Waals surface area (Å²) < 4.78 is 48.5. The summed E-state index contributed by atoms with van der Waals surface area (Å²) in [6.45, 7) is 1.07. The fourth-order valence-corrected chi connectivity index (χ4v) is 7.79. The average Bonchev–Trinajstić information content (AvgIpc) is 3.72. The Hall–Kier alpha value is -4.83. The van der Waals surface area contributed by atoms with Gasteiger partial charge >= 0.3 is 22.3 Å². The van der Waals surface area contributed by atoms with E-state index >= 15 is 0 Å². The molecule has 1 aromatic heterocycles. The number of ether oxygens (including phenoxy) is 1. The second kappa shape index (κ2) is 13.0. The number of imide groups is 1. The van der Waals surface area contributed by atoms with Crippen LogP contribution >= 0.6 is 0 Å². The smallest absolute Gasteiger partial charge is 0.421 e. The summed E-state index contributed by atoms with van der Waals surface area (Å²) in [7, 11) is -2.34. The van der Waals surface area contributed by atoms with Gasteiger partial charge in [-0.15, -0.1) is 0 Å². The zero-order valence-electron chi connectivity index (χ0n) is 26.5. The second-order valence-corrected chi connectivity index (χ2v) is 13.8. The number of urea groups is 1. The third-order valence-electron chi connectivity index (χ3n) is 9.12. The van der Waals surface area contributed by atoms with Gasteiger partial charge in [0.25, 0.3) is 5.91 Å². The maximum atomic E-state index is 14.0. The molecule has 1 unspecified atom stereocenters. The summed E-state index contributed by atoms with van der Waals surface area (Å²) in [5.74, 6) is -1.48. The topological polar surface area (TPSA) is 163 Å². The zero-order chi connectivity index (χ0) is 34.2. The Kier molecular flexibility index (Phi) is 8.96. The zero-order valence-corrected chi connectivity index (χ0v) is 27.3. The first-order chi connectivity index (χ1) is 22.9. The van der Waals surface area contributed by atoms with Crippen LogP contribution in [0.5, 0.6) is 0 Å². The van der Waals surface area contributed by atoms with Crippen LogP contribution in [0.4, 0.5) is 14.0 Å². The van der Waals surface area contributed by atoms with Gasteiger partial charge in [0.15, 0.2) is 0 Å². The van der Waals surface area contributed by atoms with Crippen LogP contribution in [0.1, 0.15) is 42.9 Å². The minimum absolute atomic E-state index is 0.00215. The van der Waals surface area contributed by atoms with Crippen LogP contribution in [0.3, 0.4) is 0 Å². The first-order valence-electron chi connectivity index (χ1n) is 15.7. The van der Waals surface area contributed by atoms with Crippen molar-refractivity contribution in [3.8, 4) is 11.1 Å². The number of aromatic nitrogens is 2. The molecule has 1 atom stereocenters. The number of amides is 5. The molecular weight excluding hydrogens is 645 g/mol. The molecule has 3 aliphatic rings.